The summed E-state index contributed by atoms with van der Waals surface area (Å²) in [6.45, 7) is -0.0650. The molecule has 2 N–H and O–H groups in total. The SMILES string of the molecule is COC(=O)Nc1ccc(S(=O)(=O)NC[C@@H](OC)c2cccc(F)c2)cc1. The summed E-state index contributed by atoms with van der Waals surface area (Å²) in [5, 5.41) is 2.42. The van der Waals surface area contributed by atoms with Crippen LogP contribution in [0.2, 0.25) is 0 Å². The molecule has 0 radical (unpaired) electrons. The Labute approximate surface area is 151 Å². The molecule has 0 spiro atoms. The van der Waals surface area contributed by atoms with Gasteiger partial charge in [0.15, 0.2) is 0 Å². The van der Waals surface area contributed by atoms with E-state index in [1.165, 1.54) is 56.7 Å². The van der Waals surface area contributed by atoms with Gasteiger partial charge in [0.2, 0.25) is 10.0 Å². The topological polar surface area (TPSA) is 93.7 Å². The van der Waals surface area contributed by atoms with Crippen molar-refractivity contribution in [3.63, 3.8) is 0 Å². The molecule has 0 aromatic heterocycles. The van der Waals surface area contributed by atoms with Crippen molar-refractivity contribution in [1.29, 1.82) is 0 Å². The van der Waals surface area contributed by atoms with Gasteiger partial charge in [-0.05, 0) is 42.0 Å². The van der Waals surface area contributed by atoms with E-state index in [9.17, 15) is 17.6 Å². The normalized spacial score (nSPS) is 12.4. The highest BCUT2D eigenvalue weighted by atomic mass is 32.2. The fraction of sp³-hybridized carbons (Fsp3) is 0.235. The predicted molar refractivity (Wildman–Crippen MR) is 93.8 cm³/mol. The van der Waals surface area contributed by atoms with Crippen LogP contribution in [0.1, 0.15) is 11.7 Å². The zero-order valence-corrected chi connectivity index (χ0v) is 15.0. The van der Waals surface area contributed by atoms with Gasteiger partial charge in [-0.25, -0.2) is 22.3 Å². The number of nitrogens with one attached hydrogen (secondary N) is 2. The molecule has 0 aliphatic carbocycles. The van der Waals surface area contributed by atoms with Gasteiger partial charge in [-0.3, -0.25) is 5.32 Å². The first kappa shape index (κ1) is 19.8. The minimum atomic E-state index is -3.80. The van der Waals surface area contributed by atoms with E-state index in [4.69, 9.17) is 4.74 Å². The van der Waals surface area contributed by atoms with E-state index in [-0.39, 0.29) is 11.4 Å². The van der Waals surface area contributed by atoms with Crippen LogP contribution in [0.5, 0.6) is 0 Å². The van der Waals surface area contributed by atoms with Gasteiger partial charge >= 0.3 is 6.09 Å². The van der Waals surface area contributed by atoms with Crippen molar-refractivity contribution >= 4 is 21.8 Å². The van der Waals surface area contributed by atoms with Gasteiger partial charge in [-0.15, -0.1) is 0 Å². The van der Waals surface area contributed by atoms with Crippen molar-refractivity contribution in [2.45, 2.75) is 11.0 Å². The molecule has 0 bridgehead atoms. The molecule has 0 aliphatic rings. The third-order valence-corrected chi connectivity index (χ3v) is 5.00. The predicted octanol–water partition coefficient (Wildman–Crippen LogP) is 2.67. The summed E-state index contributed by atoms with van der Waals surface area (Å²) in [5.41, 5.74) is 0.915. The molecule has 0 heterocycles. The van der Waals surface area contributed by atoms with Crippen molar-refractivity contribution < 1.29 is 27.1 Å². The number of methoxy groups -OCH3 is 2. The molecule has 140 valence electrons. The molecule has 0 saturated carbocycles. The summed E-state index contributed by atoms with van der Waals surface area (Å²) in [6.07, 6.45) is -1.29. The van der Waals surface area contributed by atoms with E-state index in [1.807, 2.05) is 0 Å². The molecule has 1 atom stereocenters. The Kier molecular flexibility index (Phi) is 6.67. The number of ether oxygens (including phenoxy) is 2. The van der Waals surface area contributed by atoms with Crippen molar-refractivity contribution in [3.05, 3.63) is 59.9 Å². The second-order valence-electron chi connectivity index (χ2n) is 5.27. The molecule has 0 unspecified atom stereocenters. The molecule has 0 fully saturated rings. The molecule has 2 rings (SSSR count). The van der Waals surface area contributed by atoms with Gasteiger partial charge in [0, 0.05) is 19.3 Å². The Bertz CT molecular complexity index is 856. The van der Waals surface area contributed by atoms with Crippen LogP contribution in [0.4, 0.5) is 14.9 Å². The first-order valence-electron chi connectivity index (χ1n) is 7.58. The van der Waals surface area contributed by atoms with Crippen molar-refractivity contribution in [2.24, 2.45) is 0 Å². The highest BCUT2D eigenvalue weighted by Gasteiger charge is 2.18. The highest BCUT2D eigenvalue weighted by Crippen LogP contribution is 2.19. The molecule has 2 aromatic rings. The molecular formula is C17H19FN2O5S. The lowest BCUT2D eigenvalue weighted by Crippen LogP contribution is -2.29. The third kappa shape index (κ3) is 5.25. The molecule has 26 heavy (non-hydrogen) atoms. The first-order chi connectivity index (χ1) is 12.4. The minimum absolute atomic E-state index is 0.0158. The van der Waals surface area contributed by atoms with Crippen LogP contribution < -0.4 is 10.0 Å². The lowest BCUT2D eigenvalue weighted by Gasteiger charge is -2.17. The van der Waals surface area contributed by atoms with Crippen molar-refractivity contribution in [1.82, 2.24) is 4.72 Å². The van der Waals surface area contributed by atoms with Crippen LogP contribution in [0.15, 0.2) is 53.4 Å². The standard InChI is InChI=1S/C17H19FN2O5S/c1-24-16(12-4-3-5-13(18)10-12)11-19-26(22,23)15-8-6-14(7-9-15)20-17(21)25-2/h3-10,16,19H,11H2,1-2H3,(H,20,21)/t16-/m1/s1. The summed E-state index contributed by atoms with van der Waals surface area (Å²) < 4.78 is 50.2. The lowest BCUT2D eigenvalue weighted by atomic mass is 10.1. The van der Waals surface area contributed by atoms with E-state index >= 15 is 0 Å². The number of hydrogen-bond donors (Lipinski definition) is 2. The Morgan fingerprint density at radius 3 is 2.42 bits per heavy atom. The summed E-state index contributed by atoms with van der Waals surface area (Å²) in [5.74, 6) is -0.430. The van der Waals surface area contributed by atoms with Gasteiger partial charge in [0.1, 0.15) is 5.82 Å². The average Bonchev–Trinajstić information content (AvgIpc) is 2.62. The van der Waals surface area contributed by atoms with Gasteiger partial charge in [-0.2, -0.15) is 0 Å². The Morgan fingerprint density at radius 2 is 1.85 bits per heavy atom. The number of rotatable bonds is 7. The van der Waals surface area contributed by atoms with Crippen LogP contribution in [-0.4, -0.2) is 35.3 Å². The quantitative estimate of drug-likeness (QED) is 0.768. The molecular weight excluding hydrogens is 363 g/mol. The molecule has 0 aliphatic heterocycles. The van der Waals surface area contributed by atoms with Gasteiger partial charge in [0.05, 0.1) is 18.1 Å². The maximum atomic E-state index is 13.3. The second-order valence-corrected chi connectivity index (χ2v) is 7.04. The number of benzene rings is 2. The maximum Gasteiger partial charge on any atom is 0.411 e. The smallest absolute Gasteiger partial charge is 0.411 e. The van der Waals surface area contributed by atoms with Crippen LogP contribution in [0, 0.1) is 5.82 Å². The van der Waals surface area contributed by atoms with E-state index in [1.54, 1.807) is 6.07 Å². The maximum absolute atomic E-state index is 13.3. The van der Waals surface area contributed by atoms with E-state index in [0.717, 1.165) is 0 Å². The number of carbonyl (C=O) groups is 1. The van der Waals surface area contributed by atoms with Crippen molar-refractivity contribution in [2.75, 3.05) is 26.1 Å². The number of halogens is 1. The Morgan fingerprint density at radius 1 is 1.15 bits per heavy atom. The van der Waals surface area contributed by atoms with Crippen LogP contribution in [0.3, 0.4) is 0 Å². The fourth-order valence-corrected chi connectivity index (χ4v) is 3.23. The Balaban J connectivity index is 2.06. The number of hydrogen-bond acceptors (Lipinski definition) is 5. The molecule has 7 nitrogen and oxygen atoms in total. The average molecular weight is 382 g/mol. The fourth-order valence-electron chi connectivity index (χ4n) is 2.20. The zero-order valence-electron chi connectivity index (χ0n) is 14.2. The summed E-state index contributed by atoms with van der Waals surface area (Å²) in [7, 11) is -1.16. The monoisotopic (exact) mass is 382 g/mol. The van der Waals surface area contributed by atoms with Crippen LogP contribution >= 0.6 is 0 Å². The molecule has 0 saturated heterocycles. The third-order valence-electron chi connectivity index (χ3n) is 3.56. The van der Waals surface area contributed by atoms with Gasteiger partial charge < -0.3 is 9.47 Å². The van der Waals surface area contributed by atoms with Crippen molar-refractivity contribution in [3.8, 4) is 0 Å². The Hall–Kier alpha value is -2.49. The van der Waals surface area contributed by atoms with Crippen LogP contribution in [0.25, 0.3) is 0 Å². The summed E-state index contributed by atoms with van der Waals surface area (Å²) in [6, 6.07) is 11.3. The summed E-state index contributed by atoms with van der Waals surface area (Å²) >= 11 is 0. The van der Waals surface area contributed by atoms with E-state index in [2.05, 4.69) is 14.8 Å². The largest absolute Gasteiger partial charge is 0.453 e. The number of amides is 1. The number of carbonyl (C=O) groups excluding carboxylic acids is 1. The molecule has 9 heteroatoms. The van der Waals surface area contributed by atoms with E-state index in [0.29, 0.717) is 11.3 Å². The first-order valence-corrected chi connectivity index (χ1v) is 9.07. The molecule has 2 aromatic carbocycles. The number of sulfonamides is 1. The highest BCUT2D eigenvalue weighted by molar-refractivity contribution is 7.89. The number of anilines is 1. The second kappa shape index (κ2) is 8.75. The zero-order chi connectivity index (χ0) is 19.2. The van der Waals surface area contributed by atoms with Gasteiger partial charge in [-0.1, -0.05) is 12.1 Å². The van der Waals surface area contributed by atoms with Gasteiger partial charge in [0.25, 0.3) is 0 Å². The lowest BCUT2D eigenvalue weighted by molar-refractivity contribution is 0.107. The van der Waals surface area contributed by atoms with Crippen LogP contribution in [-0.2, 0) is 19.5 Å². The summed E-state index contributed by atoms with van der Waals surface area (Å²) in [4.78, 5) is 11.1. The molecule has 1 amide bonds. The van der Waals surface area contributed by atoms with E-state index < -0.39 is 28.0 Å². The minimum Gasteiger partial charge on any atom is -0.453 e.